The molecule has 1 fully saturated rings. The van der Waals surface area contributed by atoms with Gasteiger partial charge < -0.3 is 24.4 Å². The van der Waals surface area contributed by atoms with Crippen LogP contribution in [-0.4, -0.2) is 79.9 Å². The van der Waals surface area contributed by atoms with Gasteiger partial charge in [-0.25, -0.2) is 4.79 Å². The van der Waals surface area contributed by atoms with Crippen LogP contribution >= 0.6 is 0 Å². The van der Waals surface area contributed by atoms with Gasteiger partial charge in [-0.2, -0.15) is 0 Å². The Balaban J connectivity index is 2.48. The van der Waals surface area contributed by atoms with Crippen LogP contribution in [0.1, 0.15) is 6.42 Å². The summed E-state index contributed by atoms with van der Waals surface area (Å²) in [7, 11) is 2.81. The molecule has 8 nitrogen and oxygen atoms in total. The number of likely N-dealkylation sites (tertiary alicyclic amines) is 1. The molecular weight excluding hydrogens is 268 g/mol. The van der Waals surface area contributed by atoms with E-state index in [0.29, 0.717) is 13.2 Å². The molecule has 114 valence electrons. The number of carboxylic acid groups (broad SMARTS) is 1. The fraction of sp³-hybridized carbons (Fsp3) is 0.750. The second kappa shape index (κ2) is 7.68. The van der Waals surface area contributed by atoms with Crippen LogP contribution < -0.4 is 0 Å². The Morgan fingerprint density at radius 3 is 2.40 bits per heavy atom. The summed E-state index contributed by atoms with van der Waals surface area (Å²) in [6.45, 7) is 1.33. The van der Waals surface area contributed by atoms with Crippen LogP contribution in [0.25, 0.3) is 0 Å². The third-order valence-corrected chi connectivity index (χ3v) is 3.15. The maximum atomic E-state index is 12.2. The topological polar surface area (TPSA) is 96.4 Å². The van der Waals surface area contributed by atoms with Gasteiger partial charge in [0.25, 0.3) is 0 Å². The third kappa shape index (κ3) is 4.37. The molecule has 20 heavy (non-hydrogen) atoms. The van der Waals surface area contributed by atoms with Gasteiger partial charge in [0.05, 0.1) is 26.1 Å². The summed E-state index contributed by atoms with van der Waals surface area (Å²) in [5.74, 6) is -1.79. The van der Waals surface area contributed by atoms with Gasteiger partial charge >= 0.3 is 18.0 Å². The Bertz CT molecular complexity index is 367. The van der Waals surface area contributed by atoms with Crippen molar-refractivity contribution in [1.82, 2.24) is 9.80 Å². The number of urea groups is 1. The minimum atomic E-state index is -0.896. The molecule has 0 aliphatic carbocycles. The highest BCUT2D eigenvalue weighted by Crippen LogP contribution is 2.17. The molecule has 1 heterocycles. The molecule has 0 saturated carbocycles. The first-order chi connectivity index (χ1) is 9.49. The summed E-state index contributed by atoms with van der Waals surface area (Å²) in [6, 6.07) is -0.275. The lowest BCUT2D eigenvalue weighted by Gasteiger charge is -2.39. The molecule has 0 unspecified atom stereocenters. The van der Waals surface area contributed by atoms with E-state index in [-0.39, 0.29) is 32.1 Å². The fourth-order valence-electron chi connectivity index (χ4n) is 1.82. The van der Waals surface area contributed by atoms with E-state index < -0.39 is 17.9 Å². The molecule has 0 aromatic heterocycles. The highest BCUT2D eigenvalue weighted by atomic mass is 16.5. The van der Waals surface area contributed by atoms with Crippen molar-refractivity contribution in [3.05, 3.63) is 0 Å². The molecule has 1 N–H and O–H groups in total. The Morgan fingerprint density at radius 2 is 1.90 bits per heavy atom. The first kappa shape index (κ1) is 16.2. The average molecular weight is 288 g/mol. The normalized spacial score (nSPS) is 14.6. The molecule has 1 saturated heterocycles. The molecule has 1 aliphatic heterocycles. The van der Waals surface area contributed by atoms with Crippen LogP contribution in [0.2, 0.25) is 0 Å². The minimum Gasteiger partial charge on any atom is -0.481 e. The van der Waals surface area contributed by atoms with Gasteiger partial charge in [0.2, 0.25) is 0 Å². The van der Waals surface area contributed by atoms with Gasteiger partial charge in [-0.15, -0.1) is 0 Å². The molecule has 0 radical (unpaired) electrons. The molecule has 0 aromatic carbocycles. The molecule has 0 spiro atoms. The van der Waals surface area contributed by atoms with Gasteiger partial charge in [0.1, 0.15) is 0 Å². The highest BCUT2D eigenvalue weighted by Gasteiger charge is 2.37. The quantitative estimate of drug-likeness (QED) is 0.642. The molecule has 1 aliphatic rings. The zero-order valence-corrected chi connectivity index (χ0v) is 11.7. The average Bonchev–Trinajstić information content (AvgIpc) is 2.36. The van der Waals surface area contributed by atoms with E-state index in [1.165, 1.54) is 24.0 Å². The van der Waals surface area contributed by atoms with Crippen molar-refractivity contribution in [3.8, 4) is 0 Å². The zero-order valence-electron chi connectivity index (χ0n) is 11.7. The lowest BCUT2D eigenvalue weighted by molar-refractivity contribution is -0.146. The van der Waals surface area contributed by atoms with Crippen LogP contribution in [0, 0.1) is 5.92 Å². The standard InChI is InChI=1S/C12H20N2O6/c1-19-6-5-13(4-3-10(15)20-2)12(18)14-7-9(8-14)11(16)17/h9H,3-8H2,1-2H3,(H,16,17). The van der Waals surface area contributed by atoms with E-state index in [2.05, 4.69) is 4.74 Å². The lowest BCUT2D eigenvalue weighted by atomic mass is 10.0. The summed E-state index contributed by atoms with van der Waals surface area (Å²) in [5.41, 5.74) is 0. The minimum absolute atomic E-state index is 0.0994. The van der Waals surface area contributed by atoms with E-state index in [1.807, 2.05) is 0 Å². The monoisotopic (exact) mass is 288 g/mol. The summed E-state index contributed by atoms with van der Waals surface area (Å²) >= 11 is 0. The smallest absolute Gasteiger partial charge is 0.320 e. The number of rotatable bonds is 7. The van der Waals surface area contributed by atoms with E-state index in [1.54, 1.807) is 0 Å². The van der Waals surface area contributed by atoms with Crippen LogP contribution in [0.4, 0.5) is 4.79 Å². The van der Waals surface area contributed by atoms with Crippen molar-refractivity contribution in [1.29, 1.82) is 0 Å². The number of methoxy groups -OCH3 is 2. The Labute approximate surface area is 117 Å². The molecule has 0 aromatic rings. The first-order valence-electron chi connectivity index (χ1n) is 6.32. The maximum Gasteiger partial charge on any atom is 0.320 e. The number of hydrogen-bond donors (Lipinski definition) is 1. The number of carbonyl (C=O) groups is 3. The van der Waals surface area contributed by atoms with Crippen molar-refractivity contribution >= 4 is 18.0 Å². The van der Waals surface area contributed by atoms with Crippen LogP contribution in [0.5, 0.6) is 0 Å². The van der Waals surface area contributed by atoms with E-state index in [0.717, 1.165) is 0 Å². The molecule has 0 bridgehead atoms. The summed E-state index contributed by atoms with van der Waals surface area (Å²) < 4.78 is 9.46. The molecular formula is C12H20N2O6. The maximum absolute atomic E-state index is 12.2. The number of nitrogens with zero attached hydrogens (tertiary/aromatic N) is 2. The van der Waals surface area contributed by atoms with E-state index in [9.17, 15) is 14.4 Å². The lowest BCUT2D eigenvalue weighted by Crippen LogP contribution is -2.57. The van der Waals surface area contributed by atoms with Crippen LogP contribution in [0.3, 0.4) is 0 Å². The number of esters is 1. The van der Waals surface area contributed by atoms with Crippen molar-refractivity contribution in [3.63, 3.8) is 0 Å². The van der Waals surface area contributed by atoms with Crippen molar-refractivity contribution in [2.45, 2.75) is 6.42 Å². The number of carboxylic acids is 1. The predicted molar refractivity (Wildman–Crippen MR) is 68.2 cm³/mol. The zero-order chi connectivity index (χ0) is 15.1. The van der Waals surface area contributed by atoms with Crippen molar-refractivity contribution < 1.29 is 29.0 Å². The van der Waals surface area contributed by atoms with Gasteiger partial charge in [-0.1, -0.05) is 0 Å². The second-order valence-electron chi connectivity index (χ2n) is 4.53. The van der Waals surface area contributed by atoms with Gasteiger partial charge in [0.15, 0.2) is 0 Å². The summed E-state index contributed by atoms with van der Waals surface area (Å²) in [4.78, 5) is 36.9. The second-order valence-corrected chi connectivity index (χ2v) is 4.53. The number of amides is 2. The summed E-state index contributed by atoms with van der Waals surface area (Å²) in [5, 5.41) is 8.79. The number of carbonyl (C=O) groups excluding carboxylic acids is 2. The third-order valence-electron chi connectivity index (χ3n) is 3.15. The Morgan fingerprint density at radius 1 is 1.25 bits per heavy atom. The molecule has 8 heteroatoms. The highest BCUT2D eigenvalue weighted by molar-refractivity contribution is 5.80. The van der Waals surface area contributed by atoms with Gasteiger partial charge in [0, 0.05) is 33.3 Å². The van der Waals surface area contributed by atoms with Crippen molar-refractivity contribution in [2.75, 3.05) is 47.0 Å². The van der Waals surface area contributed by atoms with Gasteiger partial charge in [-0.05, 0) is 0 Å². The number of hydrogen-bond acceptors (Lipinski definition) is 5. The summed E-state index contributed by atoms with van der Waals surface area (Å²) in [6.07, 6.45) is 0.0994. The van der Waals surface area contributed by atoms with Crippen LogP contribution in [0.15, 0.2) is 0 Å². The van der Waals surface area contributed by atoms with Crippen molar-refractivity contribution in [2.24, 2.45) is 5.92 Å². The van der Waals surface area contributed by atoms with E-state index >= 15 is 0 Å². The molecule has 2 amide bonds. The fourth-order valence-corrected chi connectivity index (χ4v) is 1.82. The number of ether oxygens (including phenoxy) is 2. The Hall–Kier alpha value is -1.83. The SMILES string of the molecule is COCCN(CCC(=O)OC)C(=O)N1CC(C(=O)O)C1. The predicted octanol–water partition coefficient (Wildman–Crippen LogP) is -0.366. The molecule has 0 atom stereocenters. The first-order valence-corrected chi connectivity index (χ1v) is 6.32. The van der Waals surface area contributed by atoms with Crippen LogP contribution in [-0.2, 0) is 19.1 Å². The largest absolute Gasteiger partial charge is 0.481 e. The van der Waals surface area contributed by atoms with E-state index in [4.69, 9.17) is 9.84 Å². The Kier molecular flexibility index (Phi) is 6.23. The van der Waals surface area contributed by atoms with Gasteiger partial charge in [-0.3, -0.25) is 9.59 Å². The number of aliphatic carboxylic acids is 1. The molecule has 1 rings (SSSR count).